The van der Waals surface area contributed by atoms with Crippen LogP contribution in [-0.2, 0) is 11.8 Å². The number of aliphatic imine (C=N–C) groups is 1. The monoisotopic (exact) mass is 411 g/mol. The molecule has 2 aliphatic heterocycles. The van der Waals surface area contributed by atoms with E-state index < -0.39 is 11.6 Å². The summed E-state index contributed by atoms with van der Waals surface area (Å²) < 4.78 is 54.0. The Morgan fingerprint density at radius 2 is 1.76 bits per heavy atom. The standard InChI is InChI=1S/C18H13BrF3NO2/c19-13-2-3-14-11(7-13)9-17(10-23-14,18(20,21)22)12-1-4-15-16(8-12)25-6-5-24-15/h1-4,7-8,10H,5-6,9H2/t17-/m0/s1. The third kappa shape index (κ3) is 2.70. The van der Waals surface area contributed by atoms with E-state index in [1.54, 1.807) is 18.2 Å². The minimum absolute atomic E-state index is 0.0959. The summed E-state index contributed by atoms with van der Waals surface area (Å²) in [5.41, 5.74) is -1.00. The van der Waals surface area contributed by atoms with Crippen molar-refractivity contribution < 1.29 is 22.6 Å². The summed E-state index contributed by atoms with van der Waals surface area (Å²) in [5.74, 6) is 0.795. The maximum Gasteiger partial charge on any atom is 0.403 e. The molecule has 2 aliphatic rings. The van der Waals surface area contributed by atoms with Gasteiger partial charge in [-0.2, -0.15) is 13.2 Å². The Labute approximate surface area is 150 Å². The fourth-order valence-corrected chi connectivity index (χ4v) is 3.59. The SMILES string of the molecule is FC(F)(F)[C@]1(c2ccc3c(c2)OCCO3)C=Nc2ccc(Br)cc2C1. The number of hydrogen-bond acceptors (Lipinski definition) is 3. The zero-order chi connectivity index (χ0) is 17.7. The van der Waals surface area contributed by atoms with Gasteiger partial charge < -0.3 is 9.47 Å². The number of fused-ring (bicyclic) bond motifs is 2. The van der Waals surface area contributed by atoms with Crippen molar-refractivity contribution in [3.05, 3.63) is 52.0 Å². The molecule has 0 aliphatic carbocycles. The molecule has 130 valence electrons. The summed E-state index contributed by atoms with van der Waals surface area (Å²) in [5, 5.41) is 0. The van der Waals surface area contributed by atoms with E-state index in [9.17, 15) is 13.2 Å². The second kappa shape index (κ2) is 5.76. The zero-order valence-electron chi connectivity index (χ0n) is 12.9. The fraction of sp³-hybridized carbons (Fsp3) is 0.278. The van der Waals surface area contributed by atoms with E-state index in [1.807, 2.05) is 0 Å². The molecule has 4 rings (SSSR count). The predicted octanol–water partition coefficient (Wildman–Crippen LogP) is 4.98. The number of rotatable bonds is 1. The molecule has 0 spiro atoms. The van der Waals surface area contributed by atoms with Gasteiger partial charge in [0.1, 0.15) is 18.6 Å². The van der Waals surface area contributed by atoms with Gasteiger partial charge in [0.15, 0.2) is 11.5 Å². The normalized spacial score (nSPS) is 21.8. The van der Waals surface area contributed by atoms with E-state index in [4.69, 9.17) is 9.47 Å². The summed E-state index contributed by atoms with van der Waals surface area (Å²) in [7, 11) is 0. The van der Waals surface area contributed by atoms with Gasteiger partial charge in [0.25, 0.3) is 0 Å². The van der Waals surface area contributed by atoms with Gasteiger partial charge in [-0.05, 0) is 47.9 Å². The zero-order valence-corrected chi connectivity index (χ0v) is 14.5. The van der Waals surface area contributed by atoms with Crippen molar-refractivity contribution in [3.8, 4) is 11.5 Å². The van der Waals surface area contributed by atoms with Crippen molar-refractivity contribution in [1.29, 1.82) is 0 Å². The Kier molecular flexibility index (Phi) is 3.79. The van der Waals surface area contributed by atoms with E-state index in [2.05, 4.69) is 20.9 Å². The van der Waals surface area contributed by atoms with Crippen molar-refractivity contribution >= 4 is 27.8 Å². The number of alkyl halides is 3. The first-order valence-corrected chi connectivity index (χ1v) is 8.49. The lowest BCUT2D eigenvalue weighted by atomic mass is 9.74. The van der Waals surface area contributed by atoms with Gasteiger partial charge in [-0.1, -0.05) is 22.0 Å². The van der Waals surface area contributed by atoms with Gasteiger partial charge in [-0.15, -0.1) is 0 Å². The lowest BCUT2D eigenvalue weighted by molar-refractivity contribution is -0.168. The average molecular weight is 412 g/mol. The first-order chi connectivity index (χ1) is 11.9. The van der Waals surface area contributed by atoms with Crippen LogP contribution in [0.4, 0.5) is 18.9 Å². The van der Waals surface area contributed by atoms with E-state index in [-0.39, 0.29) is 12.0 Å². The summed E-state index contributed by atoms with van der Waals surface area (Å²) in [6.45, 7) is 0.707. The minimum Gasteiger partial charge on any atom is -0.486 e. The first kappa shape index (κ1) is 16.4. The Hall–Kier alpha value is -2.02. The molecule has 0 unspecified atom stereocenters. The molecule has 0 saturated heterocycles. The molecule has 0 amide bonds. The highest BCUT2D eigenvalue weighted by Gasteiger charge is 2.56. The molecule has 25 heavy (non-hydrogen) atoms. The fourth-order valence-electron chi connectivity index (χ4n) is 3.18. The van der Waals surface area contributed by atoms with Crippen molar-refractivity contribution in [2.45, 2.75) is 18.0 Å². The third-order valence-electron chi connectivity index (χ3n) is 4.50. The maximum atomic E-state index is 14.1. The molecule has 2 aromatic carbocycles. The molecule has 0 bridgehead atoms. The second-order valence-electron chi connectivity index (χ2n) is 6.04. The second-order valence-corrected chi connectivity index (χ2v) is 6.95. The Bertz CT molecular complexity index is 866. The van der Waals surface area contributed by atoms with Crippen LogP contribution in [0.15, 0.2) is 45.9 Å². The highest BCUT2D eigenvalue weighted by molar-refractivity contribution is 9.10. The van der Waals surface area contributed by atoms with Gasteiger partial charge >= 0.3 is 6.18 Å². The number of hydrogen-bond donors (Lipinski definition) is 0. The Balaban J connectivity index is 1.85. The minimum atomic E-state index is -4.50. The largest absolute Gasteiger partial charge is 0.486 e. The molecule has 2 heterocycles. The van der Waals surface area contributed by atoms with E-state index in [1.165, 1.54) is 18.2 Å². The molecular weight excluding hydrogens is 399 g/mol. The van der Waals surface area contributed by atoms with Crippen LogP contribution in [0, 0.1) is 0 Å². The van der Waals surface area contributed by atoms with Gasteiger partial charge in [-0.25, -0.2) is 0 Å². The molecule has 2 aromatic rings. The summed E-state index contributed by atoms with van der Waals surface area (Å²) in [4.78, 5) is 4.10. The molecule has 0 fully saturated rings. The molecule has 3 nitrogen and oxygen atoms in total. The highest BCUT2D eigenvalue weighted by atomic mass is 79.9. The molecule has 0 saturated carbocycles. The Morgan fingerprint density at radius 3 is 2.52 bits per heavy atom. The number of halogens is 4. The smallest absolute Gasteiger partial charge is 0.403 e. The van der Waals surface area contributed by atoms with E-state index in [0.717, 1.165) is 10.7 Å². The van der Waals surface area contributed by atoms with Crippen LogP contribution in [0.2, 0.25) is 0 Å². The van der Waals surface area contributed by atoms with Crippen LogP contribution in [0.25, 0.3) is 0 Å². The average Bonchev–Trinajstić information content (AvgIpc) is 2.59. The van der Waals surface area contributed by atoms with Gasteiger partial charge in [0, 0.05) is 10.7 Å². The molecule has 0 N–H and O–H groups in total. The van der Waals surface area contributed by atoms with Crippen molar-refractivity contribution in [3.63, 3.8) is 0 Å². The van der Waals surface area contributed by atoms with Gasteiger partial charge in [-0.3, -0.25) is 4.99 Å². The topological polar surface area (TPSA) is 30.8 Å². The summed E-state index contributed by atoms with van der Waals surface area (Å²) >= 11 is 3.31. The van der Waals surface area contributed by atoms with Crippen molar-refractivity contribution in [2.24, 2.45) is 4.99 Å². The van der Waals surface area contributed by atoms with Crippen LogP contribution in [0.5, 0.6) is 11.5 Å². The first-order valence-electron chi connectivity index (χ1n) is 7.70. The predicted molar refractivity (Wildman–Crippen MR) is 91.2 cm³/mol. The summed E-state index contributed by atoms with van der Waals surface area (Å²) in [6, 6.07) is 9.54. The molecule has 0 radical (unpaired) electrons. The quantitative estimate of drug-likeness (QED) is 0.662. The van der Waals surface area contributed by atoms with Crippen LogP contribution in [-0.4, -0.2) is 25.6 Å². The molecule has 7 heteroatoms. The number of nitrogens with zero attached hydrogens (tertiary/aromatic N) is 1. The summed E-state index contributed by atoms with van der Waals surface area (Å²) in [6.07, 6.45) is -3.71. The molecule has 0 aromatic heterocycles. The van der Waals surface area contributed by atoms with E-state index >= 15 is 0 Å². The van der Waals surface area contributed by atoms with Crippen molar-refractivity contribution in [1.82, 2.24) is 0 Å². The van der Waals surface area contributed by atoms with Crippen LogP contribution < -0.4 is 9.47 Å². The van der Waals surface area contributed by atoms with E-state index in [0.29, 0.717) is 36.0 Å². The van der Waals surface area contributed by atoms with Gasteiger partial charge in [0.05, 0.1) is 5.69 Å². The van der Waals surface area contributed by atoms with Crippen LogP contribution in [0.1, 0.15) is 11.1 Å². The molecular formula is C18H13BrF3NO2. The van der Waals surface area contributed by atoms with Crippen LogP contribution in [0.3, 0.4) is 0 Å². The lowest BCUT2D eigenvalue weighted by Gasteiger charge is -2.36. The molecule has 1 atom stereocenters. The Morgan fingerprint density at radius 1 is 1.00 bits per heavy atom. The maximum absolute atomic E-state index is 14.1. The number of benzene rings is 2. The van der Waals surface area contributed by atoms with Gasteiger partial charge in [0.2, 0.25) is 0 Å². The lowest BCUT2D eigenvalue weighted by Crippen LogP contribution is -2.47. The van der Waals surface area contributed by atoms with Crippen molar-refractivity contribution in [2.75, 3.05) is 13.2 Å². The third-order valence-corrected chi connectivity index (χ3v) is 4.99. The highest BCUT2D eigenvalue weighted by Crippen LogP contribution is 2.48. The van der Waals surface area contributed by atoms with Crippen LogP contribution >= 0.6 is 15.9 Å². The number of ether oxygens (including phenoxy) is 2.